The Morgan fingerprint density at radius 2 is 1.21 bits per heavy atom. The number of alkyl halides is 6. The fraction of sp³-hybridized carbons (Fsp3) is 0.0909. The Balaban J connectivity index is 0.000000214. The minimum atomic E-state index is -4.50. The van der Waals surface area contributed by atoms with Crippen LogP contribution in [0.25, 0.3) is 11.3 Å². The van der Waals surface area contributed by atoms with Crippen LogP contribution in [-0.4, -0.2) is 37.1 Å². The third-order valence-corrected chi connectivity index (χ3v) is 4.44. The van der Waals surface area contributed by atoms with Gasteiger partial charge < -0.3 is 21.5 Å². The second-order valence-electron chi connectivity index (χ2n) is 7.11. The van der Waals surface area contributed by atoms with Gasteiger partial charge in [0.1, 0.15) is 28.2 Å². The quantitative estimate of drug-likeness (QED) is 0.165. The maximum Gasteiger partial charge on any atom is 0.490 e. The van der Waals surface area contributed by atoms with Crippen LogP contribution in [0.4, 0.5) is 38.0 Å². The first-order valence-electron chi connectivity index (χ1n) is 10.2. The molecule has 0 radical (unpaired) electrons. The van der Waals surface area contributed by atoms with Crippen molar-refractivity contribution in [1.29, 1.82) is 0 Å². The van der Waals surface area contributed by atoms with E-state index in [2.05, 4.69) is 19.9 Å². The highest BCUT2D eigenvalue weighted by molar-refractivity contribution is 6.58. The molecule has 0 bridgehead atoms. The Hall–Kier alpha value is -3.95. The molecule has 200 valence electrons. The van der Waals surface area contributed by atoms with Gasteiger partial charge in [0.2, 0.25) is 0 Å². The molecular formula is C22H18BClF6N6O2. The topological polar surface area (TPSA) is 144 Å². The van der Waals surface area contributed by atoms with Gasteiger partial charge in [-0.05, 0) is 42.5 Å². The Morgan fingerprint density at radius 3 is 1.58 bits per heavy atom. The minimum Gasteiger partial charge on any atom is -0.423 e. The summed E-state index contributed by atoms with van der Waals surface area (Å²) in [6, 6.07) is 13.9. The number of hydrogen-bond acceptors (Lipinski definition) is 8. The molecule has 0 aliphatic heterocycles. The summed E-state index contributed by atoms with van der Waals surface area (Å²) in [4.78, 5) is 14.1. The third-order valence-electron chi connectivity index (χ3n) is 4.23. The van der Waals surface area contributed by atoms with Crippen LogP contribution in [0, 0.1) is 0 Å². The van der Waals surface area contributed by atoms with E-state index >= 15 is 0 Å². The summed E-state index contributed by atoms with van der Waals surface area (Å²) in [6.07, 6.45) is -7.03. The van der Waals surface area contributed by atoms with Gasteiger partial charge in [-0.1, -0.05) is 29.8 Å². The molecule has 0 saturated carbocycles. The standard InChI is InChI=1S/C11H8F3N3.C6H5BF3NO2.C5H5ClN2/c12-11(13,14)9-5-4-7(6-16-9)8-2-1-3-10(15)17-8;8-6(9,10)5-2-1-4(3-11-5)7(12)13;6-4-2-1-3-5(7)8-4/h1-6H,(H2,15,17);1-3,12-13H;1-3H,(H2,7,8). The highest BCUT2D eigenvalue weighted by atomic mass is 35.5. The Kier molecular flexibility index (Phi) is 10.4. The van der Waals surface area contributed by atoms with Crippen molar-refractivity contribution in [3.8, 4) is 11.3 Å². The normalized spacial score (nSPS) is 11.0. The second-order valence-corrected chi connectivity index (χ2v) is 7.50. The maximum absolute atomic E-state index is 12.3. The molecule has 4 aromatic heterocycles. The molecule has 4 rings (SSSR count). The Morgan fingerprint density at radius 1 is 0.684 bits per heavy atom. The van der Waals surface area contributed by atoms with Crippen molar-refractivity contribution in [2.24, 2.45) is 0 Å². The van der Waals surface area contributed by atoms with Crippen LogP contribution >= 0.6 is 11.6 Å². The Bertz CT molecular complexity index is 1290. The lowest BCUT2D eigenvalue weighted by Crippen LogP contribution is -2.30. The van der Waals surface area contributed by atoms with Gasteiger partial charge in [0.25, 0.3) is 0 Å². The third kappa shape index (κ3) is 9.84. The van der Waals surface area contributed by atoms with Gasteiger partial charge in [-0.15, -0.1) is 0 Å². The van der Waals surface area contributed by atoms with Crippen molar-refractivity contribution >= 4 is 35.8 Å². The van der Waals surface area contributed by atoms with Crippen LogP contribution < -0.4 is 16.9 Å². The minimum absolute atomic E-state index is 0.0759. The highest BCUT2D eigenvalue weighted by Crippen LogP contribution is 2.29. The van der Waals surface area contributed by atoms with Crippen molar-refractivity contribution in [1.82, 2.24) is 19.9 Å². The van der Waals surface area contributed by atoms with Crippen molar-refractivity contribution in [2.45, 2.75) is 12.4 Å². The molecule has 0 saturated heterocycles. The lowest BCUT2D eigenvalue weighted by atomic mass is 9.82. The van der Waals surface area contributed by atoms with E-state index in [-0.39, 0.29) is 5.46 Å². The van der Waals surface area contributed by atoms with E-state index in [9.17, 15) is 26.3 Å². The van der Waals surface area contributed by atoms with E-state index in [1.165, 1.54) is 6.07 Å². The number of rotatable bonds is 2. The molecule has 0 atom stereocenters. The molecule has 4 aromatic rings. The molecule has 16 heteroatoms. The van der Waals surface area contributed by atoms with E-state index in [1.54, 1.807) is 36.4 Å². The van der Waals surface area contributed by atoms with Crippen LogP contribution in [0.3, 0.4) is 0 Å². The fourth-order valence-corrected chi connectivity index (χ4v) is 2.65. The van der Waals surface area contributed by atoms with Crippen molar-refractivity contribution in [2.75, 3.05) is 11.5 Å². The van der Waals surface area contributed by atoms with Crippen LogP contribution in [-0.2, 0) is 12.4 Å². The molecule has 0 aliphatic rings. The first-order chi connectivity index (χ1) is 17.7. The highest BCUT2D eigenvalue weighted by Gasteiger charge is 2.33. The van der Waals surface area contributed by atoms with Crippen molar-refractivity contribution in [3.63, 3.8) is 0 Å². The van der Waals surface area contributed by atoms with Gasteiger partial charge in [-0.3, -0.25) is 9.97 Å². The summed E-state index contributed by atoms with van der Waals surface area (Å²) in [6.45, 7) is 0. The molecule has 6 N–H and O–H groups in total. The van der Waals surface area contributed by atoms with Gasteiger partial charge in [-0.2, -0.15) is 26.3 Å². The number of nitrogens with two attached hydrogens (primary N) is 2. The molecule has 0 amide bonds. The average Bonchev–Trinajstić information content (AvgIpc) is 2.84. The average molecular weight is 559 g/mol. The van der Waals surface area contributed by atoms with Gasteiger partial charge in [-0.25, -0.2) is 9.97 Å². The molecule has 0 aliphatic carbocycles. The zero-order valence-corrected chi connectivity index (χ0v) is 19.7. The number of aromatic nitrogens is 4. The Labute approximate surface area is 217 Å². The molecule has 0 aromatic carbocycles. The van der Waals surface area contributed by atoms with E-state index in [0.29, 0.717) is 34.1 Å². The number of halogens is 7. The van der Waals surface area contributed by atoms with E-state index in [1.807, 2.05) is 0 Å². The summed E-state index contributed by atoms with van der Waals surface area (Å²) < 4.78 is 72.7. The second kappa shape index (κ2) is 13.0. The molecule has 38 heavy (non-hydrogen) atoms. The number of pyridine rings is 4. The molecule has 8 nitrogen and oxygen atoms in total. The van der Waals surface area contributed by atoms with Gasteiger partial charge in [0, 0.05) is 23.4 Å². The predicted molar refractivity (Wildman–Crippen MR) is 130 cm³/mol. The van der Waals surface area contributed by atoms with Gasteiger partial charge >= 0.3 is 19.5 Å². The number of nitrogen functional groups attached to an aromatic ring is 2. The number of nitrogens with zero attached hydrogens (tertiary/aromatic N) is 4. The number of hydrogen-bond donors (Lipinski definition) is 4. The monoisotopic (exact) mass is 558 g/mol. The SMILES string of the molecule is Nc1cccc(-c2ccc(C(F)(F)F)nc2)n1.Nc1cccc(Cl)n1.OB(O)c1ccc(C(F)(F)F)nc1. The van der Waals surface area contributed by atoms with E-state index in [4.69, 9.17) is 33.1 Å². The van der Waals surface area contributed by atoms with Gasteiger partial charge in [0.05, 0.1) is 5.69 Å². The lowest BCUT2D eigenvalue weighted by Gasteiger charge is -2.06. The van der Waals surface area contributed by atoms with E-state index in [0.717, 1.165) is 24.5 Å². The van der Waals surface area contributed by atoms with Gasteiger partial charge in [0.15, 0.2) is 0 Å². The zero-order valence-electron chi connectivity index (χ0n) is 19.0. The van der Waals surface area contributed by atoms with Crippen LogP contribution in [0.5, 0.6) is 0 Å². The van der Waals surface area contributed by atoms with Crippen molar-refractivity contribution in [3.05, 3.63) is 89.6 Å². The summed E-state index contributed by atoms with van der Waals surface area (Å²) >= 11 is 5.45. The summed E-state index contributed by atoms with van der Waals surface area (Å²) in [7, 11) is -1.80. The van der Waals surface area contributed by atoms with Crippen LogP contribution in [0.15, 0.2) is 73.1 Å². The molecular weight excluding hydrogens is 541 g/mol. The first kappa shape index (κ1) is 30.3. The maximum atomic E-state index is 12.3. The first-order valence-corrected chi connectivity index (χ1v) is 10.6. The van der Waals surface area contributed by atoms with Crippen LogP contribution in [0.2, 0.25) is 5.15 Å². The molecule has 0 fully saturated rings. The fourth-order valence-electron chi connectivity index (χ4n) is 2.47. The molecule has 4 heterocycles. The van der Waals surface area contributed by atoms with Crippen LogP contribution in [0.1, 0.15) is 11.4 Å². The summed E-state index contributed by atoms with van der Waals surface area (Å²) in [5.74, 6) is 0.764. The zero-order chi connectivity index (χ0) is 28.5. The smallest absolute Gasteiger partial charge is 0.423 e. The van der Waals surface area contributed by atoms with Crippen molar-refractivity contribution < 1.29 is 36.4 Å². The summed E-state index contributed by atoms with van der Waals surface area (Å²) in [5, 5.41) is 17.5. The lowest BCUT2D eigenvalue weighted by molar-refractivity contribution is -0.141. The van der Waals surface area contributed by atoms with E-state index < -0.39 is 30.9 Å². The largest absolute Gasteiger partial charge is 0.490 e. The molecule has 0 unspecified atom stereocenters. The summed E-state index contributed by atoms with van der Waals surface area (Å²) in [5.41, 5.74) is 9.67. The molecule has 0 spiro atoms. The number of anilines is 2. The predicted octanol–water partition coefficient (Wildman–Crippen LogP) is 3.84.